The minimum atomic E-state index is -0.493. The molecule has 0 saturated carbocycles. The van der Waals surface area contributed by atoms with Crippen LogP contribution in [0.4, 0.5) is 11.4 Å². The highest BCUT2D eigenvalue weighted by atomic mass is 16.6. The maximum absolute atomic E-state index is 12.8. The first-order valence-corrected chi connectivity index (χ1v) is 9.07. The number of hydrogen-bond acceptors (Lipinski definition) is 6. The fourth-order valence-corrected chi connectivity index (χ4v) is 3.14. The molecular formula is C22H17N3O5. The second-order valence-electron chi connectivity index (χ2n) is 6.54. The second kappa shape index (κ2) is 7.67. The molecule has 30 heavy (non-hydrogen) atoms. The zero-order valence-corrected chi connectivity index (χ0v) is 16.2. The Morgan fingerprint density at radius 2 is 1.90 bits per heavy atom. The summed E-state index contributed by atoms with van der Waals surface area (Å²) in [5, 5.41) is 17.1. The number of rotatable bonds is 5. The van der Waals surface area contributed by atoms with Crippen LogP contribution in [-0.2, 0) is 4.79 Å². The van der Waals surface area contributed by atoms with Crippen molar-refractivity contribution >= 4 is 29.1 Å². The molecular weight excluding hydrogens is 386 g/mol. The van der Waals surface area contributed by atoms with Crippen LogP contribution in [-0.4, -0.2) is 23.7 Å². The van der Waals surface area contributed by atoms with Crippen molar-refractivity contribution in [1.82, 2.24) is 0 Å². The topological polar surface area (TPSA) is 98.2 Å². The molecule has 0 radical (unpaired) electrons. The van der Waals surface area contributed by atoms with Gasteiger partial charge in [-0.25, -0.2) is 0 Å². The van der Waals surface area contributed by atoms with Crippen LogP contribution >= 0.6 is 0 Å². The molecule has 0 aliphatic carbocycles. The smallest absolute Gasteiger partial charge is 0.284 e. The summed E-state index contributed by atoms with van der Waals surface area (Å²) in [4.78, 5) is 23.8. The molecule has 8 heteroatoms. The molecule has 0 N–H and O–H groups in total. The highest BCUT2D eigenvalue weighted by Gasteiger charge is 2.29. The lowest BCUT2D eigenvalue weighted by Crippen LogP contribution is -2.21. The average molecular weight is 403 g/mol. The second-order valence-corrected chi connectivity index (χ2v) is 6.54. The van der Waals surface area contributed by atoms with Crippen LogP contribution in [0.5, 0.6) is 5.75 Å². The third-order valence-electron chi connectivity index (χ3n) is 4.64. The van der Waals surface area contributed by atoms with Gasteiger partial charge in [-0.3, -0.25) is 14.9 Å². The standard InChI is InChI=1S/C22H17N3O5/c1-14-19(22(26)24(23-14)15-6-4-3-5-7-15)12-17-9-11-21(30-17)18-10-8-16(29-2)13-20(18)25(27)28/h3-13H,1-2H3/b19-12-. The highest BCUT2D eigenvalue weighted by molar-refractivity contribution is 6.32. The maximum Gasteiger partial charge on any atom is 0.284 e. The van der Waals surface area contributed by atoms with Crippen molar-refractivity contribution in [3.63, 3.8) is 0 Å². The van der Waals surface area contributed by atoms with Crippen LogP contribution in [0.1, 0.15) is 12.7 Å². The van der Waals surface area contributed by atoms with E-state index in [9.17, 15) is 14.9 Å². The van der Waals surface area contributed by atoms with E-state index in [1.807, 2.05) is 18.2 Å². The largest absolute Gasteiger partial charge is 0.497 e. The zero-order chi connectivity index (χ0) is 21.3. The summed E-state index contributed by atoms with van der Waals surface area (Å²) < 4.78 is 10.8. The van der Waals surface area contributed by atoms with E-state index in [1.165, 1.54) is 18.2 Å². The van der Waals surface area contributed by atoms with Gasteiger partial charge in [0.05, 0.1) is 40.6 Å². The van der Waals surface area contributed by atoms with Gasteiger partial charge in [-0.15, -0.1) is 0 Å². The lowest BCUT2D eigenvalue weighted by Gasteiger charge is -2.10. The van der Waals surface area contributed by atoms with Crippen molar-refractivity contribution in [2.75, 3.05) is 12.1 Å². The molecule has 1 aromatic heterocycles. The van der Waals surface area contributed by atoms with Gasteiger partial charge in [-0.2, -0.15) is 10.1 Å². The van der Waals surface area contributed by atoms with Crippen molar-refractivity contribution in [2.24, 2.45) is 5.10 Å². The van der Waals surface area contributed by atoms with E-state index < -0.39 is 4.92 Å². The van der Waals surface area contributed by atoms with E-state index in [1.54, 1.807) is 49.4 Å². The van der Waals surface area contributed by atoms with E-state index in [4.69, 9.17) is 9.15 Å². The van der Waals surface area contributed by atoms with E-state index in [0.717, 1.165) is 0 Å². The number of anilines is 1. The lowest BCUT2D eigenvalue weighted by molar-refractivity contribution is -0.384. The van der Waals surface area contributed by atoms with Gasteiger partial charge >= 0.3 is 0 Å². The summed E-state index contributed by atoms with van der Waals surface area (Å²) in [7, 11) is 1.44. The predicted octanol–water partition coefficient (Wildman–Crippen LogP) is 4.67. The first-order chi connectivity index (χ1) is 14.5. The number of para-hydroxylation sites is 1. The maximum atomic E-state index is 12.8. The van der Waals surface area contributed by atoms with Crippen LogP contribution in [0.15, 0.2) is 75.8 Å². The number of nitro groups is 1. The number of carbonyl (C=O) groups is 1. The van der Waals surface area contributed by atoms with E-state index in [-0.39, 0.29) is 11.6 Å². The highest BCUT2D eigenvalue weighted by Crippen LogP contribution is 2.35. The van der Waals surface area contributed by atoms with Crippen LogP contribution in [0.2, 0.25) is 0 Å². The molecule has 8 nitrogen and oxygen atoms in total. The summed E-state index contributed by atoms with van der Waals surface area (Å²) >= 11 is 0. The van der Waals surface area contributed by atoms with Crippen molar-refractivity contribution in [1.29, 1.82) is 0 Å². The van der Waals surface area contributed by atoms with Crippen molar-refractivity contribution in [3.05, 3.63) is 82.1 Å². The molecule has 0 bridgehead atoms. The van der Waals surface area contributed by atoms with Gasteiger partial charge in [0.15, 0.2) is 0 Å². The van der Waals surface area contributed by atoms with E-state index in [0.29, 0.717) is 39.8 Å². The van der Waals surface area contributed by atoms with Gasteiger partial charge in [0.25, 0.3) is 11.6 Å². The Balaban J connectivity index is 1.66. The zero-order valence-electron chi connectivity index (χ0n) is 16.2. The van der Waals surface area contributed by atoms with Crippen LogP contribution in [0.25, 0.3) is 17.4 Å². The van der Waals surface area contributed by atoms with Crippen molar-refractivity contribution in [2.45, 2.75) is 6.92 Å². The van der Waals surface area contributed by atoms with Gasteiger partial charge in [-0.1, -0.05) is 18.2 Å². The molecule has 2 heterocycles. The Morgan fingerprint density at radius 1 is 1.13 bits per heavy atom. The Kier molecular flexibility index (Phi) is 4.89. The monoisotopic (exact) mass is 403 g/mol. The SMILES string of the molecule is COc1ccc(-c2ccc(/C=C3\C(=O)N(c4ccccc4)N=C3C)o2)c([N+](=O)[O-])c1. The summed E-state index contributed by atoms with van der Waals surface area (Å²) in [5.41, 5.74) is 1.80. The van der Waals surface area contributed by atoms with Gasteiger partial charge in [0, 0.05) is 0 Å². The van der Waals surface area contributed by atoms with Gasteiger partial charge in [0.2, 0.25) is 0 Å². The minimum absolute atomic E-state index is 0.132. The average Bonchev–Trinajstić information content (AvgIpc) is 3.34. The third kappa shape index (κ3) is 3.46. The predicted molar refractivity (Wildman–Crippen MR) is 112 cm³/mol. The number of methoxy groups -OCH3 is 1. The molecule has 0 unspecified atom stereocenters. The summed E-state index contributed by atoms with van der Waals surface area (Å²) in [6, 6.07) is 16.9. The van der Waals surface area contributed by atoms with Crippen molar-refractivity contribution < 1.29 is 18.9 Å². The number of nitrogens with zero attached hydrogens (tertiary/aromatic N) is 3. The first-order valence-electron chi connectivity index (χ1n) is 9.07. The summed E-state index contributed by atoms with van der Waals surface area (Å²) in [6.45, 7) is 1.74. The Bertz CT molecular complexity index is 1190. The van der Waals surface area contributed by atoms with Crippen LogP contribution in [0, 0.1) is 10.1 Å². The number of hydrogen-bond donors (Lipinski definition) is 0. The molecule has 3 aromatic rings. The lowest BCUT2D eigenvalue weighted by atomic mass is 10.1. The molecule has 1 aliphatic heterocycles. The molecule has 0 atom stereocenters. The Hall–Kier alpha value is -4.20. The van der Waals surface area contributed by atoms with Crippen LogP contribution in [0.3, 0.4) is 0 Å². The van der Waals surface area contributed by atoms with E-state index >= 15 is 0 Å². The van der Waals surface area contributed by atoms with E-state index in [2.05, 4.69) is 5.10 Å². The summed E-state index contributed by atoms with van der Waals surface area (Å²) in [6.07, 6.45) is 1.59. The summed E-state index contributed by atoms with van der Waals surface area (Å²) in [5.74, 6) is 0.815. The van der Waals surface area contributed by atoms with Gasteiger partial charge < -0.3 is 9.15 Å². The molecule has 4 rings (SSSR count). The molecule has 0 spiro atoms. The molecule has 150 valence electrons. The fraction of sp³-hybridized carbons (Fsp3) is 0.0909. The third-order valence-corrected chi connectivity index (χ3v) is 4.64. The number of amides is 1. The number of carbonyl (C=O) groups excluding carboxylic acids is 1. The molecule has 0 saturated heterocycles. The minimum Gasteiger partial charge on any atom is -0.497 e. The molecule has 0 fully saturated rings. The number of benzene rings is 2. The molecule has 1 aliphatic rings. The Morgan fingerprint density at radius 3 is 2.60 bits per heavy atom. The number of ether oxygens (including phenoxy) is 1. The Labute approximate surface area is 171 Å². The number of nitro benzene ring substituents is 1. The van der Waals surface area contributed by atoms with Gasteiger partial charge in [-0.05, 0) is 49.4 Å². The molecule has 1 amide bonds. The fourth-order valence-electron chi connectivity index (χ4n) is 3.14. The van der Waals surface area contributed by atoms with Crippen LogP contribution < -0.4 is 9.75 Å². The number of hydrazone groups is 1. The number of furan rings is 1. The van der Waals surface area contributed by atoms with Gasteiger partial charge in [0.1, 0.15) is 17.3 Å². The van der Waals surface area contributed by atoms with Crippen molar-refractivity contribution in [3.8, 4) is 17.1 Å². The first kappa shape index (κ1) is 19.1. The quantitative estimate of drug-likeness (QED) is 0.350. The molecule has 2 aromatic carbocycles. The normalized spacial score (nSPS) is 14.9.